The van der Waals surface area contributed by atoms with Gasteiger partial charge in [0, 0.05) is 12.1 Å². The molecule has 0 saturated heterocycles. The highest BCUT2D eigenvalue weighted by Crippen LogP contribution is 2.28. The quantitative estimate of drug-likeness (QED) is 0.679. The molecule has 3 aromatic carbocycles. The number of carbonyl (C=O) groups excluding carboxylic acids is 3. The molecule has 0 spiro atoms. The minimum atomic E-state index is -0.373. The van der Waals surface area contributed by atoms with Crippen molar-refractivity contribution in [3.63, 3.8) is 0 Å². The minimum absolute atomic E-state index is 0.263. The summed E-state index contributed by atoms with van der Waals surface area (Å²) in [6, 6.07) is 19.1. The van der Waals surface area contributed by atoms with Gasteiger partial charge in [-0.25, -0.2) is 9.29 Å². The van der Waals surface area contributed by atoms with E-state index in [0.29, 0.717) is 35.3 Å². The van der Waals surface area contributed by atoms with Crippen molar-refractivity contribution in [3.05, 3.63) is 101 Å². The lowest BCUT2D eigenvalue weighted by atomic mass is 10.1. The molecule has 0 radical (unpaired) electrons. The highest BCUT2D eigenvalue weighted by Gasteiger charge is 2.36. The molecule has 1 N–H and O–H groups in total. The van der Waals surface area contributed by atoms with Crippen molar-refractivity contribution in [1.82, 2.24) is 5.32 Å². The maximum absolute atomic E-state index is 12.9. The van der Waals surface area contributed by atoms with Gasteiger partial charge in [0.05, 0.1) is 16.8 Å². The Bertz CT molecular complexity index is 1060. The molecule has 5 nitrogen and oxygen atoms in total. The van der Waals surface area contributed by atoms with Gasteiger partial charge in [-0.2, -0.15) is 0 Å². The number of fused-ring (bicyclic) bond motifs is 1. The fraction of sp³-hybridized carbons (Fsp3) is 0.0870. The van der Waals surface area contributed by atoms with E-state index in [0.717, 1.165) is 10.5 Å². The van der Waals surface area contributed by atoms with Crippen molar-refractivity contribution in [2.75, 3.05) is 11.4 Å². The van der Waals surface area contributed by atoms with Gasteiger partial charge in [0.1, 0.15) is 5.82 Å². The number of halogens is 1. The largest absolute Gasteiger partial charge is 0.352 e. The first-order valence-corrected chi connectivity index (χ1v) is 9.15. The number of nitrogens with one attached hydrogen (secondary N) is 1. The average molecular weight is 388 g/mol. The predicted octanol–water partition coefficient (Wildman–Crippen LogP) is 3.60. The van der Waals surface area contributed by atoms with Crippen LogP contribution in [0, 0.1) is 5.82 Å². The number of carbonyl (C=O) groups is 3. The summed E-state index contributed by atoms with van der Waals surface area (Å²) in [5, 5.41) is 2.80. The molecule has 4 rings (SSSR count). The van der Waals surface area contributed by atoms with Gasteiger partial charge < -0.3 is 5.32 Å². The summed E-state index contributed by atoms with van der Waals surface area (Å²) in [4.78, 5) is 38.5. The van der Waals surface area contributed by atoms with Crippen molar-refractivity contribution in [2.24, 2.45) is 0 Å². The molecule has 0 unspecified atom stereocenters. The molecule has 3 amide bonds. The molecule has 1 heterocycles. The highest BCUT2D eigenvalue weighted by molar-refractivity contribution is 6.34. The molecule has 0 bridgehead atoms. The normalized spacial score (nSPS) is 12.8. The van der Waals surface area contributed by atoms with E-state index >= 15 is 0 Å². The van der Waals surface area contributed by atoms with Crippen molar-refractivity contribution in [3.8, 4) is 0 Å². The molecule has 29 heavy (non-hydrogen) atoms. The van der Waals surface area contributed by atoms with E-state index in [-0.39, 0.29) is 23.5 Å². The molecule has 1 aliphatic heterocycles. The third-order valence-electron chi connectivity index (χ3n) is 4.79. The molecule has 1 aliphatic rings. The van der Waals surface area contributed by atoms with E-state index in [1.807, 2.05) is 0 Å². The lowest BCUT2D eigenvalue weighted by molar-refractivity contribution is 0.0923. The molecular weight excluding hydrogens is 371 g/mol. The van der Waals surface area contributed by atoms with Crippen LogP contribution in [-0.4, -0.2) is 24.3 Å². The second-order valence-electron chi connectivity index (χ2n) is 6.67. The van der Waals surface area contributed by atoms with Crippen molar-refractivity contribution >= 4 is 23.4 Å². The van der Waals surface area contributed by atoms with Crippen LogP contribution < -0.4 is 10.2 Å². The maximum atomic E-state index is 12.9. The lowest BCUT2D eigenvalue weighted by Gasteiger charge is -2.14. The van der Waals surface area contributed by atoms with Crippen molar-refractivity contribution in [1.29, 1.82) is 0 Å². The first-order chi connectivity index (χ1) is 14.0. The van der Waals surface area contributed by atoms with Crippen LogP contribution in [0.3, 0.4) is 0 Å². The number of hydrogen-bond acceptors (Lipinski definition) is 3. The van der Waals surface area contributed by atoms with Crippen LogP contribution in [0.5, 0.6) is 0 Å². The highest BCUT2D eigenvalue weighted by atomic mass is 19.1. The molecule has 144 valence electrons. The van der Waals surface area contributed by atoms with E-state index in [9.17, 15) is 18.8 Å². The molecule has 0 aliphatic carbocycles. The van der Waals surface area contributed by atoms with Crippen LogP contribution in [0.25, 0.3) is 0 Å². The van der Waals surface area contributed by atoms with Crippen LogP contribution in [0.1, 0.15) is 36.6 Å². The van der Waals surface area contributed by atoms with E-state index in [1.165, 1.54) is 12.1 Å². The summed E-state index contributed by atoms with van der Waals surface area (Å²) >= 11 is 0. The van der Waals surface area contributed by atoms with Gasteiger partial charge in [-0.3, -0.25) is 14.4 Å². The summed E-state index contributed by atoms with van der Waals surface area (Å²) in [7, 11) is 0. The van der Waals surface area contributed by atoms with Crippen LogP contribution >= 0.6 is 0 Å². The van der Waals surface area contributed by atoms with Gasteiger partial charge in [0.2, 0.25) is 0 Å². The van der Waals surface area contributed by atoms with Gasteiger partial charge in [0.15, 0.2) is 0 Å². The van der Waals surface area contributed by atoms with Gasteiger partial charge >= 0.3 is 0 Å². The second kappa shape index (κ2) is 7.67. The molecular formula is C23H17FN2O3. The molecule has 6 heteroatoms. The van der Waals surface area contributed by atoms with Crippen LogP contribution in [0.4, 0.5) is 10.1 Å². The number of amides is 3. The van der Waals surface area contributed by atoms with Crippen molar-refractivity contribution < 1.29 is 18.8 Å². The van der Waals surface area contributed by atoms with Crippen molar-refractivity contribution in [2.45, 2.75) is 6.42 Å². The Hall–Kier alpha value is -3.80. The molecule has 0 fully saturated rings. The van der Waals surface area contributed by atoms with Gasteiger partial charge in [0.25, 0.3) is 17.7 Å². The van der Waals surface area contributed by atoms with Crippen LogP contribution in [-0.2, 0) is 6.42 Å². The Morgan fingerprint density at radius 1 is 0.828 bits per heavy atom. The fourth-order valence-electron chi connectivity index (χ4n) is 3.26. The van der Waals surface area contributed by atoms with Gasteiger partial charge in [-0.1, -0.05) is 24.3 Å². The minimum Gasteiger partial charge on any atom is -0.352 e. The zero-order valence-electron chi connectivity index (χ0n) is 15.4. The Labute approximate surface area is 166 Å². The summed E-state index contributed by atoms with van der Waals surface area (Å²) in [6.45, 7) is 0.407. The third kappa shape index (κ3) is 3.65. The zero-order valence-corrected chi connectivity index (χ0v) is 15.4. The third-order valence-corrected chi connectivity index (χ3v) is 4.79. The standard InChI is InChI=1S/C23H17FN2O3/c24-17-9-5-15(6-10-17)13-14-25-21(27)16-7-11-18(12-8-16)26-22(28)19-3-1-2-4-20(19)23(26)29/h1-12H,13-14H2,(H,25,27). The fourth-order valence-corrected chi connectivity index (χ4v) is 3.26. The lowest BCUT2D eigenvalue weighted by Crippen LogP contribution is -2.29. The number of hydrogen-bond donors (Lipinski definition) is 1. The van der Waals surface area contributed by atoms with Gasteiger partial charge in [-0.05, 0) is 60.5 Å². The maximum Gasteiger partial charge on any atom is 0.266 e. The Morgan fingerprint density at radius 3 is 2.00 bits per heavy atom. The Balaban J connectivity index is 1.40. The topological polar surface area (TPSA) is 66.5 Å². The van der Waals surface area contributed by atoms with E-state index in [1.54, 1.807) is 60.7 Å². The van der Waals surface area contributed by atoms with E-state index < -0.39 is 0 Å². The second-order valence-corrected chi connectivity index (χ2v) is 6.67. The van der Waals surface area contributed by atoms with Crippen LogP contribution in [0.15, 0.2) is 72.8 Å². The average Bonchev–Trinajstić information content (AvgIpc) is 3.00. The molecule has 0 saturated carbocycles. The predicted molar refractivity (Wildman–Crippen MR) is 106 cm³/mol. The number of imide groups is 1. The number of benzene rings is 3. The summed E-state index contributed by atoms with van der Waals surface area (Å²) in [6.07, 6.45) is 0.582. The number of nitrogens with zero attached hydrogens (tertiary/aromatic N) is 1. The number of anilines is 1. The molecule has 0 aromatic heterocycles. The summed E-state index contributed by atoms with van der Waals surface area (Å²) in [5.41, 5.74) is 2.51. The Kier molecular flexibility index (Phi) is 4.91. The molecule has 3 aromatic rings. The van der Waals surface area contributed by atoms with Gasteiger partial charge in [-0.15, -0.1) is 0 Å². The monoisotopic (exact) mass is 388 g/mol. The number of rotatable bonds is 5. The van der Waals surface area contributed by atoms with Crippen LogP contribution in [0.2, 0.25) is 0 Å². The first kappa shape index (κ1) is 18.6. The first-order valence-electron chi connectivity index (χ1n) is 9.15. The van der Waals surface area contributed by atoms with E-state index in [2.05, 4.69) is 5.32 Å². The smallest absolute Gasteiger partial charge is 0.266 e. The zero-order chi connectivity index (χ0) is 20.4. The summed E-state index contributed by atoms with van der Waals surface area (Å²) in [5.74, 6) is -1.30. The SMILES string of the molecule is O=C(NCCc1ccc(F)cc1)c1ccc(N2C(=O)c3ccccc3C2=O)cc1. The molecule has 0 atom stereocenters. The summed E-state index contributed by atoms with van der Waals surface area (Å²) < 4.78 is 12.9. The Morgan fingerprint density at radius 2 is 1.41 bits per heavy atom. The van der Waals surface area contributed by atoms with E-state index in [4.69, 9.17) is 0 Å².